The summed E-state index contributed by atoms with van der Waals surface area (Å²) in [5.41, 5.74) is 5.52. The van der Waals surface area contributed by atoms with Crippen LogP contribution in [0.4, 0.5) is 15.3 Å². The highest BCUT2D eigenvalue weighted by Crippen LogP contribution is 2.19. The molecule has 1 heterocycles. The Labute approximate surface area is 150 Å². The fraction of sp³-hybridized carbons (Fsp3) is 0.412. The summed E-state index contributed by atoms with van der Waals surface area (Å²) in [5, 5.41) is 4.62. The van der Waals surface area contributed by atoms with E-state index in [1.54, 1.807) is 12.1 Å². The van der Waals surface area contributed by atoms with Crippen LogP contribution >= 0.6 is 0 Å². The lowest BCUT2D eigenvalue weighted by Gasteiger charge is -2.32. The molecule has 4 N–H and O–H groups in total. The number of hydrogen-bond acceptors (Lipinski definition) is 5. The number of benzene rings is 1. The van der Waals surface area contributed by atoms with Gasteiger partial charge in [0.15, 0.2) is 6.10 Å². The first-order chi connectivity index (χ1) is 12.4. The van der Waals surface area contributed by atoms with Crippen LogP contribution < -0.4 is 16.4 Å². The van der Waals surface area contributed by atoms with E-state index in [1.807, 2.05) is 23.5 Å². The van der Waals surface area contributed by atoms with Crippen LogP contribution in [0.2, 0.25) is 0 Å². The number of para-hydroxylation sites is 1. The SMILES string of the molecule is CC(OC(=O)C1CCCN(C(=O)Nc2ccccc2)C1)C(=O)NC(N)=O. The number of primary amides is 1. The first-order valence-electron chi connectivity index (χ1n) is 8.28. The quantitative estimate of drug-likeness (QED) is 0.689. The van der Waals surface area contributed by atoms with Gasteiger partial charge in [0.1, 0.15) is 0 Å². The van der Waals surface area contributed by atoms with Gasteiger partial charge in [-0.25, -0.2) is 9.59 Å². The first-order valence-corrected chi connectivity index (χ1v) is 8.28. The van der Waals surface area contributed by atoms with Crippen LogP contribution in [0.15, 0.2) is 30.3 Å². The number of imide groups is 1. The number of rotatable bonds is 4. The average molecular weight is 362 g/mol. The molecular weight excluding hydrogens is 340 g/mol. The first kappa shape index (κ1) is 19.2. The van der Waals surface area contributed by atoms with E-state index in [-0.39, 0.29) is 12.6 Å². The highest BCUT2D eigenvalue weighted by Gasteiger charge is 2.31. The van der Waals surface area contributed by atoms with Gasteiger partial charge in [-0.15, -0.1) is 0 Å². The van der Waals surface area contributed by atoms with Crippen molar-refractivity contribution in [3.05, 3.63) is 30.3 Å². The molecule has 2 rings (SSSR count). The number of piperidine rings is 1. The van der Waals surface area contributed by atoms with Crippen molar-refractivity contribution < 1.29 is 23.9 Å². The molecule has 5 amide bonds. The largest absolute Gasteiger partial charge is 0.452 e. The Morgan fingerprint density at radius 1 is 1.23 bits per heavy atom. The predicted molar refractivity (Wildman–Crippen MR) is 93.0 cm³/mol. The third-order valence-corrected chi connectivity index (χ3v) is 3.98. The number of carbonyl (C=O) groups excluding carboxylic acids is 4. The van der Waals surface area contributed by atoms with Gasteiger partial charge < -0.3 is 20.7 Å². The van der Waals surface area contributed by atoms with Gasteiger partial charge in [-0.1, -0.05) is 18.2 Å². The molecule has 1 aliphatic heterocycles. The van der Waals surface area contributed by atoms with Crippen LogP contribution in [0.1, 0.15) is 19.8 Å². The molecule has 0 bridgehead atoms. The molecule has 9 heteroatoms. The van der Waals surface area contributed by atoms with E-state index >= 15 is 0 Å². The minimum absolute atomic E-state index is 0.196. The topological polar surface area (TPSA) is 131 Å². The second-order valence-electron chi connectivity index (χ2n) is 6.01. The summed E-state index contributed by atoms with van der Waals surface area (Å²) in [4.78, 5) is 48.4. The molecule has 140 valence electrons. The molecule has 1 aromatic carbocycles. The van der Waals surface area contributed by atoms with Crippen LogP contribution in [0.5, 0.6) is 0 Å². The van der Waals surface area contributed by atoms with Crippen LogP contribution in [0, 0.1) is 5.92 Å². The smallest absolute Gasteiger partial charge is 0.321 e. The minimum atomic E-state index is -1.15. The van der Waals surface area contributed by atoms with Crippen molar-refractivity contribution in [3.63, 3.8) is 0 Å². The third kappa shape index (κ3) is 5.47. The second-order valence-corrected chi connectivity index (χ2v) is 6.01. The van der Waals surface area contributed by atoms with E-state index in [2.05, 4.69) is 5.32 Å². The molecule has 1 fully saturated rings. The van der Waals surface area contributed by atoms with E-state index in [1.165, 1.54) is 11.8 Å². The van der Waals surface area contributed by atoms with Crippen LogP contribution in [0.3, 0.4) is 0 Å². The van der Waals surface area contributed by atoms with Crippen LogP contribution in [-0.4, -0.2) is 48.0 Å². The Bertz CT molecular complexity index is 679. The van der Waals surface area contributed by atoms with Crippen LogP contribution in [0.25, 0.3) is 0 Å². The number of nitrogens with two attached hydrogens (primary N) is 1. The molecule has 26 heavy (non-hydrogen) atoms. The number of nitrogens with zero attached hydrogens (tertiary/aromatic N) is 1. The lowest BCUT2D eigenvalue weighted by Crippen LogP contribution is -2.46. The van der Waals surface area contributed by atoms with Gasteiger partial charge in [0.25, 0.3) is 5.91 Å². The third-order valence-electron chi connectivity index (χ3n) is 3.98. The molecule has 2 unspecified atom stereocenters. The maximum Gasteiger partial charge on any atom is 0.321 e. The van der Waals surface area contributed by atoms with Gasteiger partial charge >= 0.3 is 18.0 Å². The van der Waals surface area contributed by atoms with Crippen molar-refractivity contribution >= 4 is 29.6 Å². The second kappa shape index (κ2) is 8.84. The number of nitrogens with one attached hydrogen (secondary N) is 2. The highest BCUT2D eigenvalue weighted by atomic mass is 16.5. The van der Waals surface area contributed by atoms with E-state index in [0.717, 1.165) is 0 Å². The zero-order valence-corrected chi connectivity index (χ0v) is 14.4. The zero-order chi connectivity index (χ0) is 19.1. The van der Waals surface area contributed by atoms with Gasteiger partial charge in [0, 0.05) is 18.8 Å². The fourth-order valence-corrected chi connectivity index (χ4v) is 2.63. The van der Waals surface area contributed by atoms with Gasteiger partial charge in [-0.2, -0.15) is 0 Å². The van der Waals surface area contributed by atoms with Gasteiger partial charge in [-0.3, -0.25) is 14.9 Å². The molecule has 1 aromatic rings. The van der Waals surface area contributed by atoms with Crippen LogP contribution in [-0.2, 0) is 14.3 Å². The lowest BCUT2D eigenvalue weighted by atomic mass is 9.98. The molecule has 1 aliphatic rings. The number of likely N-dealkylation sites (tertiary alicyclic amines) is 1. The summed E-state index contributed by atoms with van der Waals surface area (Å²) >= 11 is 0. The monoisotopic (exact) mass is 362 g/mol. The van der Waals surface area contributed by atoms with E-state index < -0.39 is 29.9 Å². The van der Waals surface area contributed by atoms with Crippen molar-refractivity contribution in [1.29, 1.82) is 0 Å². The number of amides is 5. The molecule has 0 aliphatic carbocycles. The summed E-state index contributed by atoms with van der Waals surface area (Å²) in [6.07, 6.45) is 0.0469. The summed E-state index contributed by atoms with van der Waals surface area (Å²) in [5.74, 6) is -1.91. The predicted octanol–water partition coefficient (Wildman–Crippen LogP) is 1.06. The Kier molecular flexibility index (Phi) is 6.54. The maximum absolute atomic E-state index is 12.3. The average Bonchev–Trinajstić information content (AvgIpc) is 2.62. The lowest BCUT2D eigenvalue weighted by molar-refractivity contribution is -0.159. The van der Waals surface area contributed by atoms with E-state index in [4.69, 9.17) is 10.5 Å². The summed E-state index contributed by atoms with van der Waals surface area (Å²) in [6, 6.07) is 7.69. The molecule has 0 aromatic heterocycles. The normalized spacial score (nSPS) is 17.7. The zero-order valence-electron chi connectivity index (χ0n) is 14.4. The minimum Gasteiger partial charge on any atom is -0.452 e. The summed E-state index contributed by atoms with van der Waals surface area (Å²) in [7, 11) is 0. The Balaban J connectivity index is 1.88. The number of carbonyl (C=O) groups is 4. The maximum atomic E-state index is 12.3. The molecule has 1 saturated heterocycles. The number of esters is 1. The van der Waals surface area contributed by atoms with Crippen molar-refractivity contribution in [2.75, 3.05) is 18.4 Å². The Hall–Kier alpha value is -3.10. The molecule has 0 spiro atoms. The molecule has 0 saturated carbocycles. The molecule has 2 atom stereocenters. The molecular formula is C17H22N4O5. The summed E-state index contributed by atoms with van der Waals surface area (Å²) < 4.78 is 5.08. The van der Waals surface area contributed by atoms with Gasteiger partial charge in [0.05, 0.1) is 5.92 Å². The van der Waals surface area contributed by atoms with Crippen molar-refractivity contribution in [3.8, 4) is 0 Å². The number of urea groups is 2. The standard InChI is InChI=1S/C17H22N4O5/c1-11(14(22)20-16(18)24)26-15(23)12-6-5-9-21(10-12)17(25)19-13-7-3-2-4-8-13/h2-4,7-8,11-12H,5-6,9-10H2,1H3,(H,19,25)(H3,18,20,22,24). The van der Waals surface area contributed by atoms with E-state index in [0.29, 0.717) is 25.1 Å². The number of hydrogen-bond donors (Lipinski definition) is 3. The van der Waals surface area contributed by atoms with E-state index in [9.17, 15) is 19.2 Å². The summed E-state index contributed by atoms with van der Waals surface area (Å²) in [6.45, 7) is 2.07. The Morgan fingerprint density at radius 3 is 2.58 bits per heavy atom. The Morgan fingerprint density at radius 2 is 1.92 bits per heavy atom. The molecule has 0 radical (unpaired) electrons. The van der Waals surface area contributed by atoms with Crippen molar-refractivity contribution in [1.82, 2.24) is 10.2 Å². The number of anilines is 1. The van der Waals surface area contributed by atoms with Crippen molar-refractivity contribution in [2.45, 2.75) is 25.9 Å². The van der Waals surface area contributed by atoms with Crippen molar-refractivity contribution in [2.24, 2.45) is 11.7 Å². The van der Waals surface area contributed by atoms with Gasteiger partial charge in [0.2, 0.25) is 0 Å². The highest BCUT2D eigenvalue weighted by molar-refractivity contribution is 5.96. The molecule has 9 nitrogen and oxygen atoms in total. The number of ether oxygens (including phenoxy) is 1. The van der Waals surface area contributed by atoms with Gasteiger partial charge in [-0.05, 0) is 31.9 Å². The fourth-order valence-electron chi connectivity index (χ4n) is 2.63.